The third-order valence-electron chi connectivity index (χ3n) is 3.46. The fraction of sp³-hybridized carbons (Fsp3) is 0.929. The summed E-state index contributed by atoms with van der Waals surface area (Å²) in [5.41, 5.74) is 0. The quantitative estimate of drug-likeness (QED) is 0.706. The zero-order valence-corrected chi connectivity index (χ0v) is 12.1. The summed E-state index contributed by atoms with van der Waals surface area (Å²) < 4.78 is 0. The second-order valence-corrected chi connectivity index (χ2v) is 5.21. The largest absolute Gasteiger partial charge is 0.339 e. The maximum atomic E-state index is 12.1. The van der Waals surface area contributed by atoms with Crippen LogP contribution in [0.25, 0.3) is 0 Å². The number of likely N-dealkylation sites (tertiary alicyclic amines) is 1. The van der Waals surface area contributed by atoms with Crippen molar-refractivity contribution in [2.75, 3.05) is 6.54 Å². The van der Waals surface area contributed by atoms with Crippen LogP contribution in [0.2, 0.25) is 0 Å². The Hall–Kier alpha value is -0.530. The van der Waals surface area contributed by atoms with E-state index in [4.69, 9.17) is 0 Å². The average Bonchev–Trinajstić information content (AvgIpc) is 2.58. The second kappa shape index (κ2) is 6.93. The predicted octanol–water partition coefficient (Wildman–Crippen LogP) is 3.56. The number of amides is 1. The molecule has 0 aromatic rings. The highest BCUT2D eigenvalue weighted by Crippen LogP contribution is 2.25. The molecule has 2 unspecified atom stereocenters. The van der Waals surface area contributed by atoms with E-state index in [2.05, 4.69) is 32.6 Å². The molecule has 0 N–H and O–H groups in total. The van der Waals surface area contributed by atoms with E-state index >= 15 is 0 Å². The summed E-state index contributed by atoms with van der Waals surface area (Å²) in [6.07, 6.45) is 1.16. The van der Waals surface area contributed by atoms with Crippen LogP contribution in [-0.2, 0) is 4.79 Å². The Morgan fingerprint density at radius 2 is 1.69 bits per heavy atom. The lowest BCUT2D eigenvalue weighted by Crippen LogP contribution is -2.39. The topological polar surface area (TPSA) is 20.3 Å². The van der Waals surface area contributed by atoms with Crippen LogP contribution >= 0.6 is 0 Å². The molecule has 0 radical (unpaired) electrons. The van der Waals surface area contributed by atoms with E-state index in [0.29, 0.717) is 23.8 Å². The summed E-state index contributed by atoms with van der Waals surface area (Å²) in [6.45, 7) is 15.6. The van der Waals surface area contributed by atoms with Crippen LogP contribution in [0.5, 0.6) is 0 Å². The molecule has 0 saturated carbocycles. The lowest BCUT2D eigenvalue weighted by Gasteiger charge is -2.26. The molecule has 0 aromatic carbocycles. The molecule has 1 aliphatic heterocycles. The van der Waals surface area contributed by atoms with Crippen LogP contribution < -0.4 is 0 Å². The molecule has 1 saturated heterocycles. The molecule has 96 valence electrons. The van der Waals surface area contributed by atoms with E-state index in [1.165, 1.54) is 0 Å². The normalized spacial score (nSPS) is 26.4. The predicted molar refractivity (Wildman–Crippen MR) is 70.3 cm³/mol. The lowest BCUT2D eigenvalue weighted by atomic mass is 9.96. The van der Waals surface area contributed by atoms with Crippen LogP contribution in [-0.4, -0.2) is 23.4 Å². The van der Waals surface area contributed by atoms with E-state index in [9.17, 15) is 4.79 Å². The lowest BCUT2D eigenvalue weighted by molar-refractivity contribution is -0.136. The fourth-order valence-corrected chi connectivity index (χ4v) is 2.15. The van der Waals surface area contributed by atoms with Gasteiger partial charge in [-0.25, -0.2) is 0 Å². The molecule has 16 heavy (non-hydrogen) atoms. The monoisotopic (exact) mass is 227 g/mol. The molecule has 0 aromatic heterocycles. The van der Waals surface area contributed by atoms with Crippen LogP contribution in [0.1, 0.15) is 54.9 Å². The van der Waals surface area contributed by atoms with E-state index in [-0.39, 0.29) is 5.92 Å². The Balaban J connectivity index is 0.00000106. The zero-order valence-electron chi connectivity index (χ0n) is 12.1. The third-order valence-corrected chi connectivity index (χ3v) is 3.46. The first-order valence-corrected chi connectivity index (χ1v) is 6.74. The molecule has 0 bridgehead atoms. The van der Waals surface area contributed by atoms with Crippen molar-refractivity contribution in [3.63, 3.8) is 0 Å². The van der Waals surface area contributed by atoms with Crippen molar-refractivity contribution in [2.24, 2.45) is 17.8 Å². The number of nitrogens with zero attached hydrogens (tertiary/aromatic N) is 1. The molecule has 1 amide bonds. The molecule has 0 aliphatic carbocycles. The Morgan fingerprint density at radius 3 is 2.00 bits per heavy atom. The van der Waals surface area contributed by atoms with Crippen molar-refractivity contribution >= 4 is 5.91 Å². The van der Waals surface area contributed by atoms with Gasteiger partial charge in [0.05, 0.1) is 0 Å². The maximum absolute atomic E-state index is 12.1. The van der Waals surface area contributed by atoms with Gasteiger partial charge < -0.3 is 4.90 Å². The molecule has 1 rings (SSSR count). The highest BCUT2D eigenvalue weighted by molar-refractivity contribution is 5.79. The average molecular weight is 227 g/mol. The van der Waals surface area contributed by atoms with Crippen molar-refractivity contribution in [1.82, 2.24) is 4.90 Å². The van der Waals surface area contributed by atoms with Crippen molar-refractivity contribution in [1.29, 1.82) is 0 Å². The van der Waals surface area contributed by atoms with Gasteiger partial charge in [-0.15, -0.1) is 0 Å². The van der Waals surface area contributed by atoms with Crippen molar-refractivity contribution < 1.29 is 4.79 Å². The van der Waals surface area contributed by atoms with Crippen molar-refractivity contribution in [2.45, 2.75) is 60.9 Å². The minimum absolute atomic E-state index is 0.169. The number of carbonyl (C=O) groups excluding carboxylic acids is 1. The van der Waals surface area contributed by atoms with E-state index in [0.717, 1.165) is 13.0 Å². The van der Waals surface area contributed by atoms with Gasteiger partial charge in [-0.1, -0.05) is 41.5 Å². The summed E-state index contributed by atoms with van der Waals surface area (Å²) in [4.78, 5) is 14.1. The van der Waals surface area contributed by atoms with Crippen molar-refractivity contribution in [3.8, 4) is 0 Å². The van der Waals surface area contributed by atoms with Crippen LogP contribution in [0.15, 0.2) is 0 Å². The Labute approximate surface area is 101 Å². The van der Waals surface area contributed by atoms with Gasteiger partial charge in [-0.2, -0.15) is 0 Å². The van der Waals surface area contributed by atoms with Gasteiger partial charge in [-0.05, 0) is 25.2 Å². The molecule has 1 fully saturated rings. The van der Waals surface area contributed by atoms with E-state index in [1.54, 1.807) is 0 Å². The number of carbonyl (C=O) groups is 1. The van der Waals surface area contributed by atoms with Crippen LogP contribution in [0, 0.1) is 17.8 Å². The minimum atomic E-state index is 0.169. The number of hydrogen-bond acceptors (Lipinski definition) is 1. The number of hydrogen-bond donors (Lipinski definition) is 0. The van der Waals surface area contributed by atoms with Gasteiger partial charge in [0.2, 0.25) is 5.91 Å². The first-order chi connectivity index (χ1) is 7.43. The molecule has 1 aliphatic rings. The molecule has 2 nitrogen and oxygen atoms in total. The van der Waals surface area contributed by atoms with Gasteiger partial charge in [0.1, 0.15) is 0 Å². The standard InChI is InChI=1S/C12H23NO.C2H6/c1-8(2)11(5)12(14)13-7-9(3)6-10(13)4;1-2/h8-11H,6-7H2,1-5H3;1-2H3/t9?,10-,11?;/m1./s1. The third kappa shape index (κ3) is 3.80. The molecular weight excluding hydrogens is 198 g/mol. The van der Waals surface area contributed by atoms with E-state index < -0.39 is 0 Å². The van der Waals surface area contributed by atoms with Gasteiger partial charge in [0.15, 0.2) is 0 Å². The Kier molecular flexibility index (Phi) is 6.70. The first-order valence-electron chi connectivity index (χ1n) is 6.74. The maximum Gasteiger partial charge on any atom is 0.225 e. The van der Waals surface area contributed by atoms with E-state index in [1.807, 2.05) is 20.8 Å². The highest BCUT2D eigenvalue weighted by Gasteiger charge is 2.32. The Bertz CT molecular complexity index is 213. The summed E-state index contributed by atoms with van der Waals surface area (Å²) in [5, 5.41) is 0. The molecule has 1 heterocycles. The summed E-state index contributed by atoms with van der Waals surface area (Å²) in [6, 6.07) is 0.443. The zero-order chi connectivity index (χ0) is 12.9. The SMILES string of the molecule is CC.CC1C[C@@H](C)N(C(=O)C(C)C(C)C)C1. The summed E-state index contributed by atoms with van der Waals surface area (Å²) in [5.74, 6) is 1.64. The summed E-state index contributed by atoms with van der Waals surface area (Å²) in [7, 11) is 0. The highest BCUT2D eigenvalue weighted by atomic mass is 16.2. The van der Waals surface area contributed by atoms with Crippen molar-refractivity contribution in [3.05, 3.63) is 0 Å². The molecule has 2 heteroatoms. The van der Waals surface area contributed by atoms with Gasteiger partial charge >= 0.3 is 0 Å². The molecule has 3 atom stereocenters. The second-order valence-electron chi connectivity index (χ2n) is 5.21. The Morgan fingerprint density at radius 1 is 1.19 bits per heavy atom. The smallest absolute Gasteiger partial charge is 0.225 e. The van der Waals surface area contributed by atoms with Gasteiger partial charge in [0, 0.05) is 18.5 Å². The number of rotatable bonds is 2. The summed E-state index contributed by atoms with van der Waals surface area (Å²) >= 11 is 0. The van der Waals surface area contributed by atoms with Gasteiger partial charge in [0.25, 0.3) is 0 Å². The van der Waals surface area contributed by atoms with Crippen LogP contribution in [0.4, 0.5) is 0 Å². The van der Waals surface area contributed by atoms with Gasteiger partial charge in [-0.3, -0.25) is 4.79 Å². The molecule has 0 spiro atoms. The van der Waals surface area contributed by atoms with Crippen LogP contribution in [0.3, 0.4) is 0 Å². The molecular formula is C14H29NO. The fourth-order valence-electron chi connectivity index (χ4n) is 2.15. The first kappa shape index (κ1) is 15.5. The minimum Gasteiger partial charge on any atom is -0.339 e.